The van der Waals surface area contributed by atoms with E-state index >= 15 is 0 Å². The van der Waals surface area contributed by atoms with Gasteiger partial charge in [0.15, 0.2) is 0 Å². The van der Waals surface area contributed by atoms with Crippen LogP contribution in [0.5, 0.6) is 0 Å². The van der Waals surface area contributed by atoms with E-state index in [2.05, 4.69) is 0 Å². The predicted molar refractivity (Wildman–Crippen MR) is 195 cm³/mol. The molecule has 2 aromatic carbocycles. The molecule has 2 saturated heterocycles. The summed E-state index contributed by atoms with van der Waals surface area (Å²) in [4.78, 5) is 26.6. The minimum Gasteiger partial charge on any atom is -0.481 e. The molecule has 3 aromatic rings. The van der Waals surface area contributed by atoms with Crippen LogP contribution in [0, 0.1) is 0 Å². The molecule has 12 heteroatoms. The van der Waals surface area contributed by atoms with Gasteiger partial charge in [0, 0.05) is 43.4 Å². The molecule has 0 saturated carbocycles. The van der Waals surface area contributed by atoms with Crippen LogP contribution in [-0.4, -0.2) is 68.3 Å². The van der Waals surface area contributed by atoms with Gasteiger partial charge in [-0.2, -0.15) is 9.40 Å². The molecule has 0 atom stereocenters. The van der Waals surface area contributed by atoms with Crippen molar-refractivity contribution >= 4 is 56.3 Å². The molecule has 2 fully saturated rings. The third-order valence-corrected chi connectivity index (χ3v) is 12.0. The first-order valence-electron chi connectivity index (χ1n) is 17.0. The molecule has 3 heterocycles. The number of thioether (sulfide) groups is 1. The summed E-state index contributed by atoms with van der Waals surface area (Å²) in [6, 6.07) is 16.6. The average molecular weight is 709 g/mol. The molecule has 1 amide bonds. The zero-order valence-corrected chi connectivity index (χ0v) is 29.7. The summed E-state index contributed by atoms with van der Waals surface area (Å²) in [6.45, 7) is 1.62. The molecule has 48 heavy (non-hydrogen) atoms. The standard InChI is InChI=1S/C36H44N4O5S3/c41-33(42)21-12-5-3-1-2-4-6-15-24-39-35(43)32(47-36(39)46)26-29-27-40(30-18-10-9-11-19-30)37-34(29)28-17-16-20-31(25-28)48(44,45)38-22-13-7-8-14-23-38/h9-11,16-20,25-27H,1-8,12-15,21-24H2,(H,41,42)/b32-26-. The highest BCUT2D eigenvalue weighted by atomic mass is 32.2. The second kappa shape index (κ2) is 17.4. The van der Waals surface area contributed by atoms with Crippen molar-refractivity contribution in [2.75, 3.05) is 19.6 Å². The van der Waals surface area contributed by atoms with Gasteiger partial charge in [0.1, 0.15) is 10.0 Å². The van der Waals surface area contributed by atoms with Crippen LogP contribution in [0.4, 0.5) is 0 Å². The fourth-order valence-corrected chi connectivity index (χ4v) is 8.97. The smallest absolute Gasteiger partial charge is 0.303 e. The Hall–Kier alpha value is -3.32. The maximum absolute atomic E-state index is 13.6. The Kier molecular flexibility index (Phi) is 13.0. The zero-order valence-electron chi connectivity index (χ0n) is 27.3. The molecule has 256 valence electrons. The number of carboxylic acid groups (broad SMARTS) is 1. The fourth-order valence-electron chi connectivity index (χ4n) is 6.11. The molecular weight excluding hydrogens is 665 g/mol. The summed E-state index contributed by atoms with van der Waals surface area (Å²) in [5, 5.41) is 13.6. The van der Waals surface area contributed by atoms with Gasteiger partial charge in [0.2, 0.25) is 10.0 Å². The van der Waals surface area contributed by atoms with E-state index in [1.807, 2.05) is 48.7 Å². The normalized spacial score (nSPS) is 16.9. The number of aromatic nitrogens is 2. The molecule has 0 radical (unpaired) electrons. The van der Waals surface area contributed by atoms with E-state index in [-0.39, 0.29) is 17.2 Å². The molecular formula is C36H44N4O5S3. The van der Waals surface area contributed by atoms with E-state index in [4.69, 9.17) is 22.4 Å². The Morgan fingerprint density at radius 1 is 0.896 bits per heavy atom. The summed E-state index contributed by atoms with van der Waals surface area (Å²) in [5.74, 6) is -0.858. The van der Waals surface area contributed by atoms with Crippen LogP contribution in [0.3, 0.4) is 0 Å². The predicted octanol–water partition coefficient (Wildman–Crippen LogP) is 7.90. The van der Waals surface area contributed by atoms with E-state index in [1.54, 1.807) is 32.1 Å². The van der Waals surface area contributed by atoms with E-state index in [0.29, 0.717) is 45.7 Å². The van der Waals surface area contributed by atoms with Crippen LogP contribution in [0.2, 0.25) is 0 Å². The Morgan fingerprint density at radius 3 is 2.25 bits per heavy atom. The number of carboxylic acids is 1. The van der Waals surface area contributed by atoms with Crippen molar-refractivity contribution < 1.29 is 23.1 Å². The van der Waals surface area contributed by atoms with Gasteiger partial charge >= 0.3 is 5.97 Å². The van der Waals surface area contributed by atoms with E-state index in [1.165, 1.54) is 11.8 Å². The summed E-state index contributed by atoms with van der Waals surface area (Å²) < 4.78 is 31.2. The van der Waals surface area contributed by atoms with Crippen molar-refractivity contribution in [1.82, 2.24) is 19.0 Å². The SMILES string of the molecule is O=C(O)CCCCCCCCCCN1C(=O)/C(=C/c2cn(-c3ccccc3)nc2-c2cccc(S(=O)(=O)N3CCCCCC3)c2)SC1=S. The number of hydrogen-bond acceptors (Lipinski definition) is 7. The molecule has 1 N–H and O–H groups in total. The van der Waals surface area contributed by atoms with Gasteiger partial charge in [0.05, 0.1) is 15.5 Å². The number of aliphatic carboxylic acids is 1. The van der Waals surface area contributed by atoms with Crippen molar-refractivity contribution in [3.63, 3.8) is 0 Å². The number of amides is 1. The molecule has 1 aromatic heterocycles. The minimum absolute atomic E-state index is 0.126. The zero-order chi connectivity index (χ0) is 33.9. The monoisotopic (exact) mass is 708 g/mol. The van der Waals surface area contributed by atoms with Crippen molar-refractivity contribution in [2.24, 2.45) is 0 Å². The Balaban J connectivity index is 1.30. The first-order valence-corrected chi connectivity index (χ1v) is 19.6. The van der Waals surface area contributed by atoms with Crippen molar-refractivity contribution in [3.05, 3.63) is 71.3 Å². The van der Waals surface area contributed by atoms with Crippen LogP contribution in [0.15, 0.2) is 70.6 Å². The summed E-state index contributed by atoms with van der Waals surface area (Å²) >= 11 is 6.90. The summed E-state index contributed by atoms with van der Waals surface area (Å²) in [7, 11) is -3.66. The molecule has 5 rings (SSSR count). The van der Waals surface area contributed by atoms with Crippen LogP contribution >= 0.6 is 24.0 Å². The number of unbranched alkanes of at least 4 members (excludes halogenated alkanes) is 7. The van der Waals surface area contributed by atoms with Crippen molar-refractivity contribution in [2.45, 2.75) is 88.4 Å². The third-order valence-electron chi connectivity index (χ3n) is 8.76. The maximum atomic E-state index is 13.6. The molecule has 0 spiro atoms. The summed E-state index contributed by atoms with van der Waals surface area (Å²) in [5.41, 5.74) is 2.79. The summed E-state index contributed by atoms with van der Waals surface area (Å²) in [6.07, 6.45) is 15.6. The highest BCUT2D eigenvalue weighted by molar-refractivity contribution is 8.26. The molecule has 9 nitrogen and oxygen atoms in total. The highest BCUT2D eigenvalue weighted by Crippen LogP contribution is 2.36. The lowest BCUT2D eigenvalue weighted by molar-refractivity contribution is -0.137. The van der Waals surface area contributed by atoms with Crippen molar-refractivity contribution in [3.8, 4) is 16.9 Å². The number of carbonyl (C=O) groups is 2. The molecule has 0 unspecified atom stereocenters. The van der Waals surface area contributed by atoms with Gasteiger partial charge < -0.3 is 5.11 Å². The Morgan fingerprint density at radius 2 is 1.56 bits per heavy atom. The number of rotatable bonds is 16. The van der Waals surface area contributed by atoms with Crippen LogP contribution in [0.1, 0.15) is 89.0 Å². The van der Waals surface area contributed by atoms with E-state index < -0.39 is 16.0 Å². The second-order valence-electron chi connectivity index (χ2n) is 12.4. The number of hydrogen-bond donors (Lipinski definition) is 1. The topological polar surface area (TPSA) is 113 Å². The quantitative estimate of drug-likeness (QED) is 0.0908. The second-order valence-corrected chi connectivity index (χ2v) is 16.0. The van der Waals surface area contributed by atoms with E-state index in [0.717, 1.165) is 82.7 Å². The van der Waals surface area contributed by atoms with Gasteiger partial charge in [-0.1, -0.05) is 106 Å². The Bertz CT molecular complexity index is 1710. The van der Waals surface area contributed by atoms with Gasteiger partial charge in [-0.15, -0.1) is 0 Å². The fraction of sp³-hybridized carbons (Fsp3) is 0.444. The lowest BCUT2D eigenvalue weighted by atomic mass is 10.1. The van der Waals surface area contributed by atoms with Gasteiger partial charge in [-0.3, -0.25) is 14.5 Å². The average Bonchev–Trinajstić information content (AvgIpc) is 3.46. The lowest BCUT2D eigenvalue weighted by Gasteiger charge is -2.20. The maximum Gasteiger partial charge on any atom is 0.303 e. The number of para-hydroxylation sites is 1. The highest BCUT2D eigenvalue weighted by Gasteiger charge is 2.32. The largest absolute Gasteiger partial charge is 0.481 e. The van der Waals surface area contributed by atoms with Crippen LogP contribution in [0.25, 0.3) is 23.0 Å². The number of thiocarbonyl (C=S) groups is 1. The van der Waals surface area contributed by atoms with Crippen LogP contribution in [-0.2, 0) is 19.6 Å². The number of carbonyl (C=O) groups excluding carboxylic acids is 1. The Labute approximate surface area is 293 Å². The lowest BCUT2D eigenvalue weighted by Crippen LogP contribution is -2.31. The first kappa shape index (κ1) is 36.0. The first-order chi connectivity index (χ1) is 23.2. The molecule has 2 aliphatic heterocycles. The minimum atomic E-state index is -3.66. The number of nitrogens with zero attached hydrogens (tertiary/aromatic N) is 4. The van der Waals surface area contributed by atoms with Crippen LogP contribution < -0.4 is 0 Å². The molecule has 2 aliphatic rings. The third kappa shape index (κ3) is 9.43. The van der Waals surface area contributed by atoms with Gasteiger partial charge in [0.25, 0.3) is 5.91 Å². The van der Waals surface area contributed by atoms with Gasteiger partial charge in [-0.05, 0) is 56.0 Å². The number of sulfonamides is 1. The van der Waals surface area contributed by atoms with Crippen molar-refractivity contribution in [1.29, 1.82) is 0 Å². The van der Waals surface area contributed by atoms with Gasteiger partial charge in [-0.25, -0.2) is 13.1 Å². The molecule has 0 bridgehead atoms. The van der Waals surface area contributed by atoms with E-state index in [9.17, 15) is 18.0 Å². The number of benzene rings is 2. The molecule has 0 aliphatic carbocycles.